The molecule has 1 atom stereocenters. The van der Waals surface area contributed by atoms with E-state index >= 15 is 0 Å². The molecule has 3 N–H and O–H groups in total. The van der Waals surface area contributed by atoms with Crippen molar-refractivity contribution in [3.05, 3.63) is 28.8 Å². The molecule has 1 unspecified atom stereocenters. The van der Waals surface area contributed by atoms with Crippen LogP contribution in [0.4, 0.5) is 5.69 Å². The number of para-hydroxylation sites is 1. The molecule has 3 nitrogen and oxygen atoms in total. The maximum Gasteiger partial charge on any atom is 0.234 e. The lowest BCUT2D eigenvalue weighted by molar-refractivity contribution is -0.118. The summed E-state index contributed by atoms with van der Waals surface area (Å²) in [6.45, 7) is 5.69. The number of anilines is 1. The van der Waals surface area contributed by atoms with Crippen LogP contribution in [0.2, 0.25) is 5.02 Å². The van der Waals surface area contributed by atoms with Crippen LogP contribution in [0.15, 0.2) is 18.2 Å². The fraction of sp³-hybridized carbons (Fsp3) is 0.385. The van der Waals surface area contributed by atoms with Crippen LogP contribution in [0, 0.1) is 18.8 Å². The summed E-state index contributed by atoms with van der Waals surface area (Å²) in [6.07, 6.45) is 0. The number of carbonyl (C=O) groups is 1. The van der Waals surface area contributed by atoms with Gasteiger partial charge in [0.2, 0.25) is 5.91 Å². The molecule has 0 saturated carbocycles. The van der Waals surface area contributed by atoms with Gasteiger partial charge in [-0.1, -0.05) is 49.8 Å². The van der Waals surface area contributed by atoms with Crippen molar-refractivity contribution in [3.63, 3.8) is 0 Å². The first-order valence-corrected chi connectivity index (χ1v) is 6.48. The molecular weight excluding hydrogens is 268 g/mol. The highest BCUT2D eigenvalue weighted by molar-refractivity contribution is 7.80. The van der Waals surface area contributed by atoms with Gasteiger partial charge in [0.15, 0.2) is 0 Å². The highest BCUT2D eigenvalue weighted by atomic mass is 35.5. The summed E-state index contributed by atoms with van der Waals surface area (Å²) in [4.78, 5) is 12.4. The molecule has 98 valence electrons. The molecule has 1 aromatic carbocycles. The SMILES string of the molecule is Cc1cccc(Cl)c1NC(=O)C(C(N)=S)C(C)C. The van der Waals surface area contributed by atoms with Gasteiger partial charge >= 0.3 is 0 Å². The van der Waals surface area contributed by atoms with Gasteiger partial charge < -0.3 is 11.1 Å². The zero-order valence-electron chi connectivity index (χ0n) is 10.7. The number of nitrogens with two attached hydrogens (primary N) is 1. The van der Waals surface area contributed by atoms with Crippen molar-refractivity contribution in [1.82, 2.24) is 0 Å². The van der Waals surface area contributed by atoms with E-state index in [4.69, 9.17) is 29.6 Å². The normalized spacial score (nSPS) is 12.3. The van der Waals surface area contributed by atoms with Crippen LogP contribution in [-0.2, 0) is 4.79 Å². The summed E-state index contributed by atoms with van der Waals surface area (Å²) in [5.41, 5.74) is 7.13. The lowest BCUT2D eigenvalue weighted by Crippen LogP contribution is -2.37. The Morgan fingerprint density at radius 3 is 2.50 bits per heavy atom. The molecule has 0 radical (unpaired) electrons. The highest BCUT2D eigenvalue weighted by Gasteiger charge is 2.25. The number of carbonyl (C=O) groups excluding carboxylic acids is 1. The number of benzene rings is 1. The maximum atomic E-state index is 12.2. The Balaban J connectivity index is 2.97. The Morgan fingerprint density at radius 2 is 2.06 bits per heavy atom. The first kappa shape index (κ1) is 14.9. The lowest BCUT2D eigenvalue weighted by Gasteiger charge is -2.20. The Labute approximate surface area is 118 Å². The van der Waals surface area contributed by atoms with Crippen LogP contribution in [0.5, 0.6) is 0 Å². The molecular formula is C13H17ClN2OS. The number of nitrogens with one attached hydrogen (secondary N) is 1. The molecule has 0 aliphatic carbocycles. The van der Waals surface area contributed by atoms with E-state index in [1.54, 1.807) is 6.07 Å². The van der Waals surface area contributed by atoms with Gasteiger partial charge in [0.1, 0.15) is 0 Å². The van der Waals surface area contributed by atoms with E-state index in [-0.39, 0.29) is 16.8 Å². The van der Waals surface area contributed by atoms with Gasteiger partial charge in [0, 0.05) is 0 Å². The number of hydrogen-bond donors (Lipinski definition) is 2. The van der Waals surface area contributed by atoms with Gasteiger partial charge in [0.25, 0.3) is 0 Å². The average Bonchev–Trinajstić information content (AvgIpc) is 2.22. The van der Waals surface area contributed by atoms with Crippen molar-refractivity contribution >= 4 is 40.4 Å². The second-order valence-corrected chi connectivity index (χ2v) is 5.42. The molecule has 0 aliphatic rings. The molecule has 0 spiro atoms. The van der Waals surface area contributed by atoms with E-state index in [0.717, 1.165) is 5.56 Å². The van der Waals surface area contributed by atoms with Crippen LogP contribution in [0.1, 0.15) is 19.4 Å². The molecule has 1 aromatic rings. The van der Waals surface area contributed by atoms with Crippen LogP contribution in [0.3, 0.4) is 0 Å². The molecule has 0 bridgehead atoms. The zero-order valence-corrected chi connectivity index (χ0v) is 12.2. The van der Waals surface area contributed by atoms with E-state index in [9.17, 15) is 4.79 Å². The molecule has 0 fully saturated rings. The minimum Gasteiger partial charge on any atom is -0.393 e. The molecule has 0 heterocycles. The average molecular weight is 285 g/mol. The summed E-state index contributed by atoms with van der Waals surface area (Å²) >= 11 is 11.0. The molecule has 0 aliphatic heterocycles. The van der Waals surface area contributed by atoms with Gasteiger partial charge in [-0.15, -0.1) is 0 Å². The molecule has 18 heavy (non-hydrogen) atoms. The molecule has 5 heteroatoms. The number of halogens is 1. The Morgan fingerprint density at radius 1 is 1.44 bits per heavy atom. The van der Waals surface area contributed by atoms with Crippen LogP contribution in [0.25, 0.3) is 0 Å². The summed E-state index contributed by atoms with van der Waals surface area (Å²) in [6, 6.07) is 5.45. The van der Waals surface area contributed by atoms with Gasteiger partial charge in [-0.2, -0.15) is 0 Å². The Kier molecular flexibility index (Phi) is 5.11. The zero-order chi connectivity index (χ0) is 13.9. The summed E-state index contributed by atoms with van der Waals surface area (Å²) < 4.78 is 0. The highest BCUT2D eigenvalue weighted by Crippen LogP contribution is 2.26. The second-order valence-electron chi connectivity index (χ2n) is 4.55. The van der Waals surface area contributed by atoms with E-state index in [2.05, 4.69) is 5.32 Å². The predicted octanol–water partition coefficient (Wildman–Crippen LogP) is 3.15. The third kappa shape index (κ3) is 3.43. The van der Waals surface area contributed by atoms with E-state index in [1.165, 1.54) is 0 Å². The smallest absolute Gasteiger partial charge is 0.234 e. The van der Waals surface area contributed by atoms with Crippen LogP contribution >= 0.6 is 23.8 Å². The van der Waals surface area contributed by atoms with Crippen molar-refractivity contribution in [2.75, 3.05) is 5.32 Å². The van der Waals surface area contributed by atoms with Crippen LogP contribution in [-0.4, -0.2) is 10.9 Å². The standard InChI is InChI=1S/C13H17ClN2OS/c1-7(2)10(12(15)18)13(17)16-11-8(3)5-4-6-9(11)14/h4-7,10H,1-3H3,(H2,15,18)(H,16,17). The van der Waals surface area contributed by atoms with Gasteiger partial charge in [-0.05, 0) is 24.5 Å². The fourth-order valence-electron chi connectivity index (χ4n) is 1.75. The van der Waals surface area contributed by atoms with Crippen molar-refractivity contribution in [2.24, 2.45) is 17.6 Å². The second kappa shape index (κ2) is 6.16. The van der Waals surface area contributed by atoms with Crippen molar-refractivity contribution in [1.29, 1.82) is 0 Å². The third-order valence-electron chi connectivity index (χ3n) is 2.73. The third-order valence-corrected chi connectivity index (χ3v) is 3.29. The first-order chi connectivity index (χ1) is 8.34. The van der Waals surface area contributed by atoms with E-state index < -0.39 is 5.92 Å². The minimum atomic E-state index is -0.490. The van der Waals surface area contributed by atoms with E-state index in [1.807, 2.05) is 32.9 Å². The lowest BCUT2D eigenvalue weighted by atomic mass is 9.95. The Bertz CT molecular complexity index is 454. The van der Waals surface area contributed by atoms with Crippen LogP contribution < -0.4 is 11.1 Å². The van der Waals surface area contributed by atoms with Crippen molar-refractivity contribution in [2.45, 2.75) is 20.8 Å². The van der Waals surface area contributed by atoms with Gasteiger partial charge in [-0.3, -0.25) is 4.79 Å². The molecule has 1 amide bonds. The number of rotatable bonds is 4. The topological polar surface area (TPSA) is 55.1 Å². The Hall–Kier alpha value is -1.13. The van der Waals surface area contributed by atoms with Gasteiger partial charge in [0.05, 0.1) is 21.6 Å². The molecule has 0 saturated heterocycles. The predicted molar refractivity (Wildman–Crippen MR) is 79.9 cm³/mol. The monoisotopic (exact) mass is 284 g/mol. The quantitative estimate of drug-likeness (QED) is 0.835. The summed E-state index contributed by atoms with van der Waals surface area (Å²) in [5, 5.41) is 3.31. The first-order valence-electron chi connectivity index (χ1n) is 5.70. The number of amides is 1. The molecule has 1 rings (SSSR count). The summed E-state index contributed by atoms with van der Waals surface area (Å²) in [5.74, 6) is -0.658. The number of aryl methyl sites for hydroxylation is 1. The fourth-order valence-corrected chi connectivity index (χ4v) is 2.40. The number of thiocarbonyl (C=S) groups is 1. The minimum absolute atomic E-state index is 0.0466. The number of hydrogen-bond acceptors (Lipinski definition) is 2. The van der Waals surface area contributed by atoms with E-state index in [0.29, 0.717) is 10.7 Å². The van der Waals surface area contributed by atoms with Crippen molar-refractivity contribution < 1.29 is 4.79 Å². The molecule has 0 aromatic heterocycles. The maximum absolute atomic E-state index is 12.2. The van der Waals surface area contributed by atoms with Gasteiger partial charge in [-0.25, -0.2) is 0 Å². The van der Waals surface area contributed by atoms with Crippen molar-refractivity contribution in [3.8, 4) is 0 Å². The summed E-state index contributed by atoms with van der Waals surface area (Å²) in [7, 11) is 0. The largest absolute Gasteiger partial charge is 0.393 e.